The minimum absolute atomic E-state index is 0.153. The topological polar surface area (TPSA) is 26.0 Å². The quantitative estimate of drug-likeness (QED) is 0.610. The average Bonchev–Trinajstić information content (AvgIpc) is 2.12. The van der Waals surface area contributed by atoms with E-state index in [4.69, 9.17) is 5.73 Å². The second-order valence-corrected chi connectivity index (χ2v) is 3.11. The van der Waals surface area contributed by atoms with E-state index in [1.165, 1.54) is 0 Å². The molecule has 0 saturated heterocycles. The fourth-order valence-electron chi connectivity index (χ4n) is 0.956. The van der Waals surface area contributed by atoms with Gasteiger partial charge in [0.25, 0.3) is 0 Å². The summed E-state index contributed by atoms with van der Waals surface area (Å²) in [5.74, 6) is -2.58. The highest BCUT2D eigenvalue weighted by molar-refractivity contribution is 5.00. The van der Waals surface area contributed by atoms with Crippen LogP contribution < -0.4 is 5.73 Å². The van der Waals surface area contributed by atoms with Gasteiger partial charge in [0.1, 0.15) is 0 Å². The molecular formula is C6H11F2N. The van der Waals surface area contributed by atoms with Gasteiger partial charge in [0.05, 0.1) is 0 Å². The molecule has 0 amide bonds. The van der Waals surface area contributed by atoms with Crippen LogP contribution in [0.15, 0.2) is 0 Å². The molecule has 2 N–H and O–H groups in total. The molecular weight excluding hydrogens is 124 g/mol. The summed E-state index contributed by atoms with van der Waals surface area (Å²) in [5, 5.41) is 0. The Hall–Kier alpha value is -0.180. The Labute approximate surface area is 53.2 Å². The van der Waals surface area contributed by atoms with Gasteiger partial charge in [-0.15, -0.1) is 0 Å². The third-order valence-electron chi connectivity index (χ3n) is 1.55. The predicted molar refractivity (Wildman–Crippen MR) is 31.4 cm³/mol. The molecule has 54 valence electrons. The number of hydrogen-bond donors (Lipinski definition) is 1. The van der Waals surface area contributed by atoms with E-state index in [2.05, 4.69) is 0 Å². The smallest absolute Gasteiger partial charge is 0.247 e. The number of halogens is 2. The number of alkyl halides is 2. The fourth-order valence-corrected chi connectivity index (χ4v) is 0.956. The van der Waals surface area contributed by atoms with Crippen LogP contribution in [0.5, 0.6) is 0 Å². The molecule has 0 aromatic carbocycles. The normalized spacial score (nSPS) is 24.0. The van der Waals surface area contributed by atoms with E-state index in [1.54, 1.807) is 0 Å². The molecule has 1 aliphatic carbocycles. The van der Waals surface area contributed by atoms with Gasteiger partial charge in [0.2, 0.25) is 5.92 Å². The summed E-state index contributed by atoms with van der Waals surface area (Å²) in [6.07, 6.45) is 1.37. The molecule has 1 aliphatic rings. The van der Waals surface area contributed by atoms with Crippen molar-refractivity contribution in [3.8, 4) is 0 Å². The van der Waals surface area contributed by atoms with Crippen LogP contribution in [-0.2, 0) is 0 Å². The molecule has 0 aromatic rings. The Kier molecular flexibility index (Phi) is 1.28. The molecule has 1 saturated carbocycles. The van der Waals surface area contributed by atoms with Gasteiger partial charge in [-0.1, -0.05) is 0 Å². The van der Waals surface area contributed by atoms with Crippen LogP contribution in [-0.4, -0.2) is 11.5 Å². The van der Waals surface area contributed by atoms with Gasteiger partial charge < -0.3 is 5.73 Å². The number of hydrogen-bond acceptors (Lipinski definition) is 1. The van der Waals surface area contributed by atoms with Crippen molar-refractivity contribution in [2.45, 2.75) is 37.6 Å². The molecule has 0 heterocycles. The lowest BCUT2D eigenvalue weighted by molar-refractivity contribution is 0.00364. The van der Waals surface area contributed by atoms with Gasteiger partial charge in [0.15, 0.2) is 0 Å². The summed E-state index contributed by atoms with van der Waals surface area (Å²) >= 11 is 0. The van der Waals surface area contributed by atoms with E-state index in [-0.39, 0.29) is 6.42 Å². The van der Waals surface area contributed by atoms with E-state index in [1.807, 2.05) is 0 Å². The molecule has 0 bridgehead atoms. The Morgan fingerprint density at radius 1 is 1.56 bits per heavy atom. The third-order valence-corrected chi connectivity index (χ3v) is 1.55. The maximum absolute atomic E-state index is 12.2. The highest BCUT2D eigenvalue weighted by atomic mass is 19.3. The number of rotatable bonds is 2. The van der Waals surface area contributed by atoms with Gasteiger partial charge in [-0.3, -0.25) is 0 Å². The van der Waals surface area contributed by atoms with Crippen LogP contribution in [0.3, 0.4) is 0 Å². The van der Waals surface area contributed by atoms with Crippen LogP contribution in [0.4, 0.5) is 8.78 Å². The zero-order valence-electron chi connectivity index (χ0n) is 5.45. The van der Waals surface area contributed by atoms with Crippen molar-refractivity contribution in [2.75, 3.05) is 0 Å². The Balaban J connectivity index is 2.33. The van der Waals surface area contributed by atoms with Gasteiger partial charge in [-0.2, -0.15) is 0 Å². The molecule has 1 rings (SSSR count). The molecule has 1 nitrogen and oxygen atoms in total. The van der Waals surface area contributed by atoms with Crippen molar-refractivity contribution < 1.29 is 8.78 Å². The van der Waals surface area contributed by atoms with Crippen molar-refractivity contribution in [3.05, 3.63) is 0 Å². The van der Waals surface area contributed by atoms with Crippen molar-refractivity contribution in [1.29, 1.82) is 0 Å². The zero-order valence-corrected chi connectivity index (χ0v) is 5.45. The van der Waals surface area contributed by atoms with Crippen molar-refractivity contribution in [1.82, 2.24) is 0 Å². The second-order valence-electron chi connectivity index (χ2n) is 3.11. The predicted octanol–water partition coefficient (Wildman–Crippen LogP) is 1.52. The monoisotopic (exact) mass is 135 g/mol. The zero-order chi connectivity index (χ0) is 7.12. The molecule has 0 atom stereocenters. The van der Waals surface area contributed by atoms with E-state index in [0.717, 1.165) is 19.8 Å². The standard InChI is InChI=1S/C6H11F2N/c1-5(7,8)4-6(9)2-3-6/h2-4,9H2,1H3. The van der Waals surface area contributed by atoms with Crippen LogP contribution in [0.1, 0.15) is 26.2 Å². The molecule has 0 aromatic heterocycles. The minimum atomic E-state index is -2.58. The highest BCUT2D eigenvalue weighted by Gasteiger charge is 2.44. The lowest BCUT2D eigenvalue weighted by atomic mass is 10.1. The highest BCUT2D eigenvalue weighted by Crippen LogP contribution is 2.40. The Morgan fingerprint density at radius 2 is 2.00 bits per heavy atom. The van der Waals surface area contributed by atoms with Crippen molar-refractivity contribution in [3.63, 3.8) is 0 Å². The van der Waals surface area contributed by atoms with Crippen LogP contribution in [0.2, 0.25) is 0 Å². The van der Waals surface area contributed by atoms with E-state index >= 15 is 0 Å². The lowest BCUT2D eigenvalue weighted by Gasteiger charge is -2.14. The molecule has 0 spiro atoms. The summed E-state index contributed by atoms with van der Waals surface area (Å²) < 4.78 is 24.4. The minimum Gasteiger partial charge on any atom is -0.325 e. The van der Waals surface area contributed by atoms with E-state index < -0.39 is 11.5 Å². The first-order valence-corrected chi connectivity index (χ1v) is 3.08. The molecule has 0 aliphatic heterocycles. The molecule has 9 heavy (non-hydrogen) atoms. The molecule has 1 fully saturated rings. The van der Waals surface area contributed by atoms with Crippen LogP contribution in [0, 0.1) is 0 Å². The first kappa shape index (κ1) is 6.93. The summed E-state index contributed by atoms with van der Waals surface area (Å²) in [4.78, 5) is 0. The molecule has 3 heteroatoms. The Morgan fingerprint density at radius 3 is 2.11 bits per heavy atom. The van der Waals surface area contributed by atoms with E-state index in [9.17, 15) is 8.78 Å². The van der Waals surface area contributed by atoms with Crippen LogP contribution >= 0.6 is 0 Å². The van der Waals surface area contributed by atoms with E-state index in [0.29, 0.717) is 0 Å². The molecule has 0 radical (unpaired) electrons. The summed E-state index contributed by atoms with van der Waals surface area (Å²) in [6, 6.07) is 0. The van der Waals surface area contributed by atoms with Gasteiger partial charge >= 0.3 is 0 Å². The maximum atomic E-state index is 12.2. The Bertz CT molecular complexity index is 109. The first-order chi connectivity index (χ1) is 3.91. The average molecular weight is 135 g/mol. The van der Waals surface area contributed by atoms with Gasteiger partial charge in [-0.05, 0) is 19.8 Å². The van der Waals surface area contributed by atoms with Gasteiger partial charge in [0, 0.05) is 12.0 Å². The largest absolute Gasteiger partial charge is 0.325 e. The summed E-state index contributed by atoms with van der Waals surface area (Å²) in [7, 11) is 0. The van der Waals surface area contributed by atoms with Gasteiger partial charge in [-0.25, -0.2) is 8.78 Å². The van der Waals surface area contributed by atoms with Crippen molar-refractivity contribution >= 4 is 0 Å². The molecule has 0 unspecified atom stereocenters. The first-order valence-electron chi connectivity index (χ1n) is 3.08. The van der Waals surface area contributed by atoms with Crippen LogP contribution in [0.25, 0.3) is 0 Å². The summed E-state index contributed by atoms with van der Waals surface area (Å²) in [5.41, 5.74) is 4.94. The number of nitrogens with two attached hydrogens (primary N) is 1. The maximum Gasteiger partial charge on any atom is 0.247 e. The summed E-state index contributed by atoms with van der Waals surface area (Å²) in [6.45, 7) is 0.917. The third kappa shape index (κ3) is 2.26. The lowest BCUT2D eigenvalue weighted by Crippen LogP contribution is -2.29. The second kappa shape index (κ2) is 1.66. The fraction of sp³-hybridized carbons (Fsp3) is 1.00. The van der Waals surface area contributed by atoms with Crippen molar-refractivity contribution in [2.24, 2.45) is 5.73 Å². The SMILES string of the molecule is CC(F)(F)CC1(N)CC1.